The minimum atomic E-state index is -0.585. The van der Waals surface area contributed by atoms with Crippen LogP contribution in [0, 0.1) is 11.3 Å². The summed E-state index contributed by atoms with van der Waals surface area (Å²) in [6.45, 7) is 2.44. The fraction of sp³-hybridized carbons (Fsp3) is 0.276. The highest BCUT2D eigenvalue weighted by Crippen LogP contribution is 2.47. The number of nitriles is 1. The Hall–Kier alpha value is -4.05. The second-order valence-corrected chi connectivity index (χ2v) is 12.0. The molecule has 1 unspecified atom stereocenters. The maximum Gasteiger partial charge on any atom is 0.234 e. The molecule has 3 aromatic rings. The molecule has 5 rings (SSSR count). The Morgan fingerprint density at radius 1 is 1.26 bits per heavy atom. The fourth-order valence-electron chi connectivity index (χ4n) is 5.00. The fourth-order valence-corrected chi connectivity index (χ4v) is 6.86. The van der Waals surface area contributed by atoms with Crippen LogP contribution >= 0.6 is 34.7 Å². The van der Waals surface area contributed by atoms with Crippen molar-refractivity contribution in [2.24, 2.45) is 5.73 Å². The number of carbonyl (C=O) groups excluding carboxylic acids is 2. The first-order chi connectivity index (χ1) is 20.3. The average molecular weight is 623 g/mol. The zero-order valence-corrected chi connectivity index (χ0v) is 25.2. The number of nitrogens with one attached hydrogen (secondary N) is 1. The van der Waals surface area contributed by atoms with Crippen LogP contribution in [0.2, 0.25) is 5.02 Å². The lowest BCUT2D eigenvalue weighted by Gasteiger charge is -2.38. The number of halogens is 1. The summed E-state index contributed by atoms with van der Waals surface area (Å²) in [7, 11) is 1.51. The van der Waals surface area contributed by atoms with E-state index in [4.69, 9.17) is 26.8 Å². The smallest absolute Gasteiger partial charge is 0.234 e. The number of thioether (sulfide) groups is 1. The number of Topliss-reactive ketones (excluding diaryl/α,β-unsaturated/α-hetero) is 1. The van der Waals surface area contributed by atoms with Crippen molar-refractivity contribution in [3.8, 4) is 17.6 Å². The number of amides is 1. The Kier molecular flexibility index (Phi) is 9.01. The summed E-state index contributed by atoms with van der Waals surface area (Å²) in [6.07, 6.45) is 1.65. The van der Waals surface area contributed by atoms with Gasteiger partial charge >= 0.3 is 0 Å². The SMILES string of the molecule is CCOc1ccc(C2C(C#N)=C(N)N(c3nnc(SCC(=O)Nc4cc(Cl)ccc4OC)s3)C3=C2C(=O)CCC3)cc1. The van der Waals surface area contributed by atoms with Gasteiger partial charge in [-0.1, -0.05) is 46.8 Å². The summed E-state index contributed by atoms with van der Waals surface area (Å²) in [4.78, 5) is 27.7. The number of allylic oxidation sites excluding steroid dienone is 3. The molecule has 2 aliphatic rings. The van der Waals surface area contributed by atoms with Crippen molar-refractivity contribution in [2.75, 3.05) is 29.7 Å². The molecule has 3 N–H and O–H groups in total. The van der Waals surface area contributed by atoms with E-state index in [0.29, 0.717) is 63.1 Å². The Balaban J connectivity index is 1.40. The maximum atomic E-state index is 13.3. The van der Waals surface area contributed by atoms with Gasteiger partial charge in [-0.05, 0) is 55.7 Å². The molecule has 1 atom stereocenters. The summed E-state index contributed by atoms with van der Waals surface area (Å²) in [5.41, 5.74) is 9.44. The van der Waals surface area contributed by atoms with Gasteiger partial charge in [-0.15, -0.1) is 10.2 Å². The topological polar surface area (TPSA) is 143 Å². The van der Waals surface area contributed by atoms with Crippen molar-refractivity contribution in [3.63, 3.8) is 0 Å². The van der Waals surface area contributed by atoms with Crippen LogP contribution in [-0.2, 0) is 9.59 Å². The monoisotopic (exact) mass is 622 g/mol. The lowest BCUT2D eigenvalue weighted by atomic mass is 9.76. The third-order valence-electron chi connectivity index (χ3n) is 6.79. The molecule has 216 valence electrons. The number of nitrogens with two attached hydrogens (primary N) is 1. The van der Waals surface area contributed by atoms with Gasteiger partial charge in [-0.25, -0.2) is 0 Å². The van der Waals surface area contributed by atoms with Gasteiger partial charge in [-0.3, -0.25) is 14.5 Å². The van der Waals surface area contributed by atoms with E-state index in [0.717, 1.165) is 11.3 Å². The van der Waals surface area contributed by atoms with Gasteiger partial charge in [0.05, 0.1) is 42.7 Å². The van der Waals surface area contributed by atoms with Crippen molar-refractivity contribution < 1.29 is 19.1 Å². The number of nitrogens with zero attached hydrogens (tertiary/aromatic N) is 4. The van der Waals surface area contributed by atoms with Crippen LogP contribution in [0.15, 0.2) is 69.5 Å². The lowest BCUT2D eigenvalue weighted by Crippen LogP contribution is -2.38. The number of aromatic nitrogens is 2. The second kappa shape index (κ2) is 12.9. The molecule has 1 amide bonds. The number of methoxy groups -OCH3 is 1. The molecule has 0 spiro atoms. The van der Waals surface area contributed by atoms with Crippen LogP contribution < -0.4 is 25.4 Å². The third kappa shape index (κ3) is 5.94. The molecule has 42 heavy (non-hydrogen) atoms. The summed E-state index contributed by atoms with van der Waals surface area (Å²) in [5.74, 6) is 0.590. The summed E-state index contributed by atoms with van der Waals surface area (Å²) < 4.78 is 11.4. The average Bonchev–Trinajstić information content (AvgIpc) is 3.45. The van der Waals surface area contributed by atoms with Crippen LogP contribution in [0.3, 0.4) is 0 Å². The van der Waals surface area contributed by atoms with Crippen molar-refractivity contribution >= 4 is 57.2 Å². The minimum Gasteiger partial charge on any atom is -0.495 e. The number of ether oxygens (including phenoxy) is 2. The first-order valence-electron chi connectivity index (χ1n) is 13.1. The molecule has 1 aliphatic heterocycles. The number of benzene rings is 2. The molecule has 13 heteroatoms. The number of carbonyl (C=O) groups is 2. The molecule has 0 radical (unpaired) electrons. The molecule has 0 saturated carbocycles. The number of ketones is 1. The van der Waals surface area contributed by atoms with Crippen molar-refractivity contribution in [3.05, 3.63) is 75.7 Å². The van der Waals surface area contributed by atoms with E-state index in [2.05, 4.69) is 21.6 Å². The van der Waals surface area contributed by atoms with Gasteiger partial charge in [-0.2, -0.15) is 5.26 Å². The largest absolute Gasteiger partial charge is 0.495 e. The van der Waals surface area contributed by atoms with Crippen LogP contribution in [-0.4, -0.2) is 41.4 Å². The Labute approximate surface area is 256 Å². The quantitative estimate of drug-likeness (QED) is 0.288. The van der Waals surface area contributed by atoms with E-state index in [-0.39, 0.29) is 28.8 Å². The first-order valence-corrected chi connectivity index (χ1v) is 15.3. The van der Waals surface area contributed by atoms with Crippen LogP contribution in [0.25, 0.3) is 0 Å². The summed E-state index contributed by atoms with van der Waals surface area (Å²) in [6, 6.07) is 14.6. The predicted octanol–water partition coefficient (Wildman–Crippen LogP) is 5.63. The van der Waals surface area contributed by atoms with Crippen LogP contribution in [0.1, 0.15) is 37.7 Å². The molecule has 0 saturated heterocycles. The van der Waals surface area contributed by atoms with E-state index in [1.165, 1.54) is 30.2 Å². The van der Waals surface area contributed by atoms with E-state index < -0.39 is 5.92 Å². The molecular formula is C29H27ClN6O4S2. The highest BCUT2D eigenvalue weighted by Gasteiger charge is 2.41. The second-order valence-electron chi connectivity index (χ2n) is 9.35. The predicted molar refractivity (Wildman–Crippen MR) is 163 cm³/mol. The number of hydrogen-bond acceptors (Lipinski definition) is 11. The van der Waals surface area contributed by atoms with Gasteiger partial charge < -0.3 is 20.5 Å². The molecule has 1 aliphatic carbocycles. The van der Waals surface area contributed by atoms with E-state index in [1.54, 1.807) is 23.1 Å². The van der Waals surface area contributed by atoms with E-state index >= 15 is 0 Å². The Morgan fingerprint density at radius 3 is 2.76 bits per heavy atom. The van der Waals surface area contributed by atoms with Gasteiger partial charge in [0.2, 0.25) is 11.0 Å². The Bertz CT molecular complexity index is 1630. The van der Waals surface area contributed by atoms with E-state index in [1.807, 2.05) is 31.2 Å². The zero-order chi connectivity index (χ0) is 29.8. The molecule has 1 aromatic heterocycles. The van der Waals surface area contributed by atoms with Gasteiger partial charge in [0, 0.05) is 22.7 Å². The maximum absolute atomic E-state index is 13.3. The van der Waals surface area contributed by atoms with Crippen molar-refractivity contribution in [1.82, 2.24) is 10.2 Å². The standard InChI is InChI=1S/C29H27ClN6O4S2/c1-3-40-18-10-7-16(8-11-18)25-19(14-31)27(32)36(21-5-4-6-22(37)26(21)25)28-34-35-29(42-28)41-15-24(38)33-20-13-17(30)9-12-23(20)39-2/h7-13,25H,3-6,15,32H2,1-2H3,(H,33,38). The van der Waals surface area contributed by atoms with Gasteiger partial charge in [0.15, 0.2) is 10.1 Å². The summed E-state index contributed by atoms with van der Waals surface area (Å²) >= 11 is 8.50. The van der Waals surface area contributed by atoms with Gasteiger partial charge in [0.1, 0.15) is 17.3 Å². The molecule has 2 aromatic carbocycles. The molecule has 10 nitrogen and oxygen atoms in total. The van der Waals surface area contributed by atoms with Crippen LogP contribution in [0.5, 0.6) is 11.5 Å². The van der Waals surface area contributed by atoms with Crippen molar-refractivity contribution in [2.45, 2.75) is 36.4 Å². The molecule has 0 fully saturated rings. The molecular weight excluding hydrogens is 596 g/mol. The number of rotatable bonds is 9. The normalized spacial score (nSPS) is 16.7. The number of anilines is 2. The first kappa shape index (κ1) is 29.4. The zero-order valence-electron chi connectivity index (χ0n) is 22.8. The summed E-state index contributed by atoms with van der Waals surface area (Å²) in [5, 5.41) is 22.5. The molecule has 0 bridgehead atoms. The highest BCUT2D eigenvalue weighted by atomic mass is 35.5. The van der Waals surface area contributed by atoms with Crippen LogP contribution in [0.4, 0.5) is 10.8 Å². The Morgan fingerprint density at radius 2 is 2.05 bits per heavy atom. The minimum absolute atomic E-state index is 0.0207. The highest BCUT2D eigenvalue weighted by molar-refractivity contribution is 8.01. The van der Waals surface area contributed by atoms with Crippen molar-refractivity contribution in [1.29, 1.82) is 5.26 Å². The lowest BCUT2D eigenvalue weighted by molar-refractivity contribution is -0.116. The number of hydrogen-bond donors (Lipinski definition) is 2. The molecule has 2 heterocycles. The van der Waals surface area contributed by atoms with Gasteiger partial charge in [0.25, 0.3) is 0 Å². The third-order valence-corrected chi connectivity index (χ3v) is 9.06. The van der Waals surface area contributed by atoms with E-state index in [9.17, 15) is 14.9 Å².